The van der Waals surface area contributed by atoms with Crippen LogP contribution in [0, 0.1) is 0 Å². The van der Waals surface area contributed by atoms with Crippen molar-refractivity contribution in [3.05, 3.63) is 35.4 Å². The summed E-state index contributed by atoms with van der Waals surface area (Å²) >= 11 is 0. The van der Waals surface area contributed by atoms with Crippen LogP contribution in [-0.4, -0.2) is 65.4 Å². The Bertz CT molecular complexity index is 480. The minimum absolute atomic E-state index is 0.635. The van der Waals surface area contributed by atoms with Crippen molar-refractivity contribution in [2.45, 2.75) is 19.6 Å². The third-order valence-corrected chi connectivity index (χ3v) is 3.66. The molecule has 1 rings (SSSR count). The standard InChI is InChI=1S/C18H32N4O2/c1-19-18(20-9-11-22(2)10-6-12-23-3)21-14-16-7-5-8-17(13-16)15-24-4/h5,7-8,13H,6,9-12,14-15H2,1-4H3,(H2,19,20,21). The first-order chi connectivity index (χ1) is 11.7. The van der Waals surface area contributed by atoms with Gasteiger partial charge in [-0.3, -0.25) is 4.99 Å². The van der Waals surface area contributed by atoms with Crippen LogP contribution < -0.4 is 10.6 Å². The maximum Gasteiger partial charge on any atom is 0.191 e. The second kappa shape index (κ2) is 12.8. The molecule has 0 unspecified atom stereocenters. The van der Waals surface area contributed by atoms with Crippen molar-refractivity contribution >= 4 is 5.96 Å². The van der Waals surface area contributed by atoms with E-state index in [2.05, 4.69) is 51.8 Å². The minimum Gasteiger partial charge on any atom is -0.385 e. The molecule has 24 heavy (non-hydrogen) atoms. The second-order valence-electron chi connectivity index (χ2n) is 5.76. The molecule has 0 heterocycles. The minimum atomic E-state index is 0.635. The molecule has 1 aromatic carbocycles. The Labute approximate surface area is 146 Å². The first kappa shape index (κ1) is 20.4. The molecule has 0 aliphatic carbocycles. The Morgan fingerprint density at radius 3 is 2.62 bits per heavy atom. The molecule has 0 aromatic heterocycles. The van der Waals surface area contributed by atoms with Gasteiger partial charge in [0.25, 0.3) is 0 Å². The molecule has 136 valence electrons. The lowest BCUT2D eigenvalue weighted by Gasteiger charge is -2.18. The van der Waals surface area contributed by atoms with Crippen molar-refractivity contribution in [1.82, 2.24) is 15.5 Å². The monoisotopic (exact) mass is 336 g/mol. The van der Waals surface area contributed by atoms with Gasteiger partial charge in [-0.25, -0.2) is 0 Å². The summed E-state index contributed by atoms with van der Waals surface area (Å²) in [4.78, 5) is 6.55. The molecule has 2 N–H and O–H groups in total. The molecular formula is C18H32N4O2. The summed E-state index contributed by atoms with van der Waals surface area (Å²) < 4.78 is 10.2. The number of methoxy groups -OCH3 is 2. The fourth-order valence-electron chi connectivity index (χ4n) is 2.36. The lowest BCUT2D eigenvalue weighted by atomic mass is 10.1. The van der Waals surface area contributed by atoms with Gasteiger partial charge in [0.1, 0.15) is 0 Å². The number of hydrogen-bond acceptors (Lipinski definition) is 4. The van der Waals surface area contributed by atoms with Gasteiger partial charge in [0.2, 0.25) is 0 Å². The van der Waals surface area contributed by atoms with E-state index in [0.717, 1.165) is 45.2 Å². The predicted octanol–water partition coefficient (Wildman–Crippen LogP) is 1.47. The van der Waals surface area contributed by atoms with Gasteiger partial charge in [-0.1, -0.05) is 24.3 Å². The lowest BCUT2D eigenvalue weighted by molar-refractivity contribution is 0.180. The normalized spacial score (nSPS) is 11.8. The van der Waals surface area contributed by atoms with Gasteiger partial charge < -0.3 is 25.0 Å². The summed E-state index contributed by atoms with van der Waals surface area (Å²) in [5.74, 6) is 0.817. The molecule has 0 aliphatic heterocycles. The van der Waals surface area contributed by atoms with Gasteiger partial charge in [-0.05, 0) is 24.6 Å². The topological polar surface area (TPSA) is 58.1 Å². The molecule has 0 fully saturated rings. The summed E-state index contributed by atoms with van der Waals surface area (Å²) in [6.45, 7) is 5.04. The molecule has 6 heteroatoms. The lowest BCUT2D eigenvalue weighted by Crippen LogP contribution is -2.40. The Morgan fingerprint density at radius 1 is 1.12 bits per heavy atom. The Balaban J connectivity index is 2.29. The average Bonchev–Trinajstić information content (AvgIpc) is 2.59. The van der Waals surface area contributed by atoms with Gasteiger partial charge in [-0.2, -0.15) is 0 Å². The first-order valence-electron chi connectivity index (χ1n) is 8.38. The van der Waals surface area contributed by atoms with Crippen LogP contribution in [0.2, 0.25) is 0 Å². The van der Waals surface area contributed by atoms with Gasteiger partial charge in [0, 0.05) is 54.1 Å². The molecule has 0 amide bonds. The maximum atomic E-state index is 5.17. The number of nitrogens with zero attached hydrogens (tertiary/aromatic N) is 2. The van der Waals surface area contributed by atoms with Crippen LogP contribution in [0.4, 0.5) is 0 Å². The van der Waals surface area contributed by atoms with Crippen molar-refractivity contribution in [3.8, 4) is 0 Å². The number of likely N-dealkylation sites (N-methyl/N-ethyl adjacent to an activating group) is 1. The zero-order valence-electron chi connectivity index (χ0n) is 15.5. The van der Waals surface area contributed by atoms with E-state index in [1.165, 1.54) is 11.1 Å². The van der Waals surface area contributed by atoms with E-state index in [0.29, 0.717) is 6.61 Å². The van der Waals surface area contributed by atoms with E-state index in [1.54, 1.807) is 21.3 Å². The van der Waals surface area contributed by atoms with Crippen molar-refractivity contribution in [2.75, 3.05) is 54.6 Å². The number of nitrogens with one attached hydrogen (secondary N) is 2. The largest absolute Gasteiger partial charge is 0.385 e. The van der Waals surface area contributed by atoms with Crippen molar-refractivity contribution in [2.24, 2.45) is 4.99 Å². The summed E-state index contributed by atoms with van der Waals surface area (Å²) in [5.41, 5.74) is 2.39. The van der Waals surface area contributed by atoms with Gasteiger partial charge in [0.05, 0.1) is 6.61 Å². The highest BCUT2D eigenvalue weighted by Crippen LogP contribution is 2.06. The molecule has 0 saturated heterocycles. The first-order valence-corrected chi connectivity index (χ1v) is 8.38. The van der Waals surface area contributed by atoms with Crippen LogP contribution in [0.5, 0.6) is 0 Å². The SMILES string of the molecule is CN=C(NCCN(C)CCCOC)NCc1cccc(COC)c1. The summed E-state index contributed by atoms with van der Waals surface area (Å²) in [7, 11) is 7.36. The van der Waals surface area contributed by atoms with E-state index in [-0.39, 0.29) is 0 Å². The van der Waals surface area contributed by atoms with Crippen molar-refractivity contribution in [1.29, 1.82) is 0 Å². The number of rotatable bonds is 11. The Kier molecular flexibility index (Phi) is 10.8. The van der Waals surface area contributed by atoms with Crippen LogP contribution in [0.3, 0.4) is 0 Å². The Morgan fingerprint density at radius 2 is 1.92 bits per heavy atom. The van der Waals surface area contributed by atoms with E-state index in [9.17, 15) is 0 Å². The molecular weight excluding hydrogens is 304 g/mol. The fourth-order valence-corrected chi connectivity index (χ4v) is 2.36. The zero-order chi connectivity index (χ0) is 17.6. The van der Waals surface area contributed by atoms with Crippen molar-refractivity contribution in [3.63, 3.8) is 0 Å². The average molecular weight is 336 g/mol. The number of guanidine groups is 1. The van der Waals surface area contributed by atoms with Crippen LogP contribution in [0.25, 0.3) is 0 Å². The van der Waals surface area contributed by atoms with Gasteiger partial charge in [0.15, 0.2) is 5.96 Å². The summed E-state index contributed by atoms with van der Waals surface area (Å²) in [5, 5.41) is 6.68. The van der Waals surface area contributed by atoms with Crippen LogP contribution >= 0.6 is 0 Å². The van der Waals surface area contributed by atoms with E-state index < -0.39 is 0 Å². The summed E-state index contributed by atoms with van der Waals surface area (Å²) in [6, 6.07) is 8.37. The van der Waals surface area contributed by atoms with E-state index >= 15 is 0 Å². The molecule has 0 spiro atoms. The van der Waals surface area contributed by atoms with Crippen LogP contribution in [0.1, 0.15) is 17.5 Å². The fraction of sp³-hybridized carbons (Fsp3) is 0.611. The second-order valence-corrected chi connectivity index (χ2v) is 5.76. The highest BCUT2D eigenvalue weighted by atomic mass is 16.5. The molecule has 0 radical (unpaired) electrons. The highest BCUT2D eigenvalue weighted by molar-refractivity contribution is 5.79. The highest BCUT2D eigenvalue weighted by Gasteiger charge is 2.01. The molecule has 6 nitrogen and oxygen atoms in total. The maximum absolute atomic E-state index is 5.17. The molecule has 1 aromatic rings. The smallest absolute Gasteiger partial charge is 0.191 e. The van der Waals surface area contributed by atoms with Gasteiger partial charge in [-0.15, -0.1) is 0 Å². The van der Waals surface area contributed by atoms with E-state index in [4.69, 9.17) is 9.47 Å². The summed E-state index contributed by atoms with van der Waals surface area (Å²) in [6.07, 6.45) is 1.05. The van der Waals surface area contributed by atoms with Gasteiger partial charge >= 0.3 is 0 Å². The van der Waals surface area contributed by atoms with Crippen LogP contribution in [0.15, 0.2) is 29.3 Å². The number of hydrogen-bond donors (Lipinski definition) is 2. The van der Waals surface area contributed by atoms with Crippen LogP contribution in [-0.2, 0) is 22.6 Å². The number of ether oxygens (including phenoxy) is 2. The quantitative estimate of drug-likeness (QED) is 0.364. The number of aliphatic imine (C=N–C) groups is 1. The third kappa shape index (κ3) is 8.86. The third-order valence-electron chi connectivity index (χ3n) is 3.66. The Hall–Kier alpha value is -1.63. The molecule has 0 atom stereocenters. The molecule has 0 bridgehead atoms. The predicted molar refractivity (Wildman–Crippen MR) is 99.3 cm³/mol. The zero-order valence-corrected chi connectivity index (χ0v) is 15.5. The molecule has 0 saturated carbocycles. The molecule has 0 aliphatic rings. The van der Waals surface area contributed by atoms with E-state index in [1.807, 2.05) is 0 Å². The number of benzene rings is 1. The van der Waals surface area contributed by atoms with Crippen molar-refractivity contribution < 1.29 is 9.47 Å².